The molecule has 1 aromatic heterocycles. The van der Waals surface area contributed by atoms with E-state index < -0.39 is 0 Å². The van der Waals surface area contributed by atoms with Crippen molar-refractivity contribution in [2.45, 2.75) is 32.2 Å². The van der Waals surface area contributed by atoms with Gasteiger partial charge in [0, 0.05) is 44.2 Å². The standard InChI is InChI=1S/C15H23N3O2S/c1-11-16-14(10-21-11)15(20)18-6-5-17(8-12-2-3-12)13(9-18)4-7-19/h10,12-13,19H,2-9H2,1H3. The van der Waals surface area contributed by atoms with Gasteiger partial charge in [0.2, 0.25) is 0 Å². The lowest BCUT2D eigenvalue weighted by Gasteiger charge is -2.41. The van der Waals surface area contributed by atoms with Gasteiger partial charge >= 0.3 is 0 Å². The van der Waals surface area contributed by atoms with Crippen LogP contribution in [-0.4, -0.2) is 64.6 Å². The number of aliphatic hydroxyl groups excluding tert-OH is 1. The Morgan fingerprint density at radius 1 is 1.48 bits per heavy atom. The highest BCUT2D eigenvalue weighted by Gasteiger charge is 2.33. The largest absolute Gasteiger partial charge is 0.396 e. The number of aromatic nitrogens is 1. The maximum absolute atomic E-state index is 12.5. The van der Waals surface area contributed by atoms with Gasteiger partial charge in [-0.1, -0.05) is 0 Å². The molecule has 6 heteroatoms. The Bertz CT molecular complexity index is 501. The summed E-state index contributed by atoms with van der Waals surface area (Å²) in [7, 11) is 0. The second kappa shape index (κ2) is 6.42. The molecule has 0 spiro atoms. The minimum atomic E-state index is 0.0355. The molecule has 5 nitrogen and oxygen atoms in total. The van der Waals surface area contributed by atoms with E-state index >= 15 is 0 Å². The molecule has 1 unspecified atom stereocenters. The number of aryl methyl sites for hydroxylation is 1. The second-order valence-corrected chi connectivity index (χ2v) is 7.17. The van der Waals surface area contributed by atoms with Crippen LogP contribution in [0.4, 0.5) is 0 Å². The Hall–Kier alpha value is -0.980. The lowest BCUT2D eigenvalue weighted by Crippen LogP contribution is -2.55. The molecule has 1 aliphatic carbocycles. The Balaban J connectivity index is 1.63. The molecule has 1 amide bonds. The quantitative estimate of drug-likeness (QED) is 0.892. The van der Waals surface area contributed by atoms with Crippen LogP contribution in [0.1, 0.15) is 34.8 Å². The maximum atomic E-state index is 12.5. The van der Waals surface area contributed by atoms with Crippen molar-refractivity contribution in [2.24, 2.45) is 5.92 Å². The van der Waals surface area contributed by atoms with Crippen molar-refractivity contribution >= 4 is 17.2 Å². The van der Waals surface area contributed by atoms with E-state index in [9.17, 15) is 9.90 Å². The van der Waals surface area contributed by atoms with Gasteiger partial charge in [-0.2, -0.15) is 0 Å². The summed E-state index contributed by atoms with van der Waals surface area (Å²) >= 11 is 1.52. The summed E-state index contributed by atoms with van der Waals surface area (Å²) in [5.74, 6) is 0.878. The average molecular weight is 309 g/mol. The molecule has 2 heterocycles. The molecule has 1 saturated heterocycles. The molecular weight excluding hydrogens is 286 g/mol. The number of hydrogen-bond acceptors (Lipinski definition) is 5. The second-order valence-electron chi connectivity index (χ2n) is 6.11. The Morgan fingerprint density at radius 3 is 2.90 bits per heavy atom. The Morgan fingerprint density at radius 2 is 2.29 bits per heavy atom. The molecule has 116 valence electrons. The van der Waals surface area contributed by atoms with E-state index in [0.29, 0.717) is 12.2 Å². The summed E-state index contributed by atoms with van der Waals surface area (Å²) in [6.07, 6.45) is 3.42. The van der Waals surface area contributed by atoms with Gasteiger partial charge in [-0.25, -0.2) is 4.98 Å². The lowest BCUT2D eigenvalue weighted by atomic mass is 10.1. The van der Waals surface area contributed by atoms with Gasteiger partial charge in [0.05, 0.1) is 5.01 Å². The number of carbonyl (C=O) groups is 1. The van der Waals surface area contributed by atoms with Crippen LogP contribution in [0.5, 0.6) is 0 Å². The summed E-state index contributed by atoms with van der Waals surface area (Å²) in [5, 5.41) is 12.1. The molecule has 1 atom stereocenters. The molecule has 0 bridgehead atoms. The van der Waals surface area contributed by atoms with Crippen LogP contribution < -0.4 is 0 Å². The fourth-order valence-electron chi connectivity index (χ4n) is 3.00. The van der Waals surface area contributed by atoms with Crippen molar-refractivity contribution in [2.75, 3.05) is 32.8 Å². The fraction of sp³-hybridized carbons (Fsp3) is 0.733. The summed E-state index contributed by atoms with van der Waals surface area (Å²) in [5.41, 5.74) is 0.566. The van der Waals surface area contributed by atoms with E-state index in [1.54, 1.807) is 0 Å². The van der Waals surface area contributed by atoms with Crippen LogP contribution in [0, 0.1) is 12.8 Å². The highest BCUT2D eigenvalue weighted by molar-refractivity contribution is 7.09. The van der Waals surface area contributed by atoms with Crippen molar-refractivity contribution in [3.05, 3.63) is 16.1 Å². The van der Waals surface area contributed by atoms with Gasteiger partial charge in [0.1, 0.15) is 5.69 Å². The van der Waals surface area contributed by atoms with Gasteiger partial charge in [-0.3, -0.25) is 9.69 Å². The maximum Gasteiger partial charge on any atom is 0.273 e. The molecule has 2 fully saturated rings. The average Bonchev–Trinajstić information content (AvgIpc) is 3.19. The molecular formula is C15H23N3O2S. The van der Waals surface area contributed by atoms with Crippen molar-refractivity contribution in [1.82, 2.24) is 14.8 Å². The van der Waals surface area contributed by atoms with Gasteiger partial charge in [-0.05, 0) is 32.1 Å². The molecule has 1 N–H and O–H groups in total. The monoisotopic (exact) mass is 309 g/mol. The summed E-state index contributed by atoms with van der Waals surface area (Å²) < 4.78 is 0. The predicted octanol–water partition coefficient (Wildman–Crippen LogP) is 1.37. The smallest absolute Gasteiger partial charge is 0.273 e. The molecule has 0 aromatic carbocycles. The van der Waals surface area contributed by atoms with Gasteiger partial charge < -0.3 is 10.0 Å². The van der Waals surface area contributed by atoms with Gasteiger partial charge in [0.15, 0.2) is 0 Å². The molecule has 1 saturated carbocycles. The molecule has 1 aromatic rings. The Kier molecular flexibility index (Phi) is 4.57. The normalized spacial score (nSPS) is 23.5. The zero-order valence-electron chi connectivity index (χ0n) is 12.5. The number of nitrogens with zero attached hydrogens (tertiary/aromatic N) is 3. The van der Waals surface area contributed by atoms with E-state index in [2.05, 4.69) is 9.88 Å². The molecule has 2 aliphatic rings. The first kappa shape index (κ1) is 14.9. The lowest BCUT2D eigenvalue weighted by molar-refractivity contribution is 0.0403. The van der Waals surface area contributed by atoms with E-state index in [1.807, 2.05) is 17.2 Å². The molecule has 1 aliphatic heterocycles. The van der Waals surface area contributed by atoms with Crippen LogP contribution in [0.3, 0.4) is 0 Å². The third-order valence-electron chi connectivity index (χ3n) is 4.38. The number of piperazine rings is 1. The van der Waals surface area contributed by atoms with E-state index in [1.165, 1.54) is 24.2 Å². The number of carbonyl (C=O) groups excluding carboxylic acids is 1. The van der Waals surface area contributed by atoms with Crippen molar-refractivity contribution in [1.29, 1.82) is 0 Å². The minimum absolute atomic E-state index is 0.0355. The van der Waals surface area contributed by atoms with Crippen molar-refractivity contribution in [3.63, 3.8) is 0 Å². The highest BCUT2D eigenvalue weighted by atomic mass is 32.1. The number of thiazole rings is 1. The molecule has 3 rings (SSSR count). The summed E-state index contributed by atoms with van der Waals surface area (Å²) in [4.78, 5) is 21.2. The number of aliphatic hydroxyl groups is 1. The van der Waals surface area contributed by atoms with Crippen LogP contribution in [-0.2, 0) is 0 Å². The predicted molar refractivity (Wildman–Crippen MR) is 82.5 cm³/mol. The third kappa shape index (κ3) is 3.62. The van der Waals surface area contributed by atoms with E-state index in [-0.39, 0.29) is 18.6 Å². The zero-order valence-corrected chi connectivity index (χ0v) is 13.3. The summed E-state index contributed by atoms with van der Waals surface area (Å²) in [6, 6.07) is 0.285. The van der Waals surface area contributed by atoms with Crippen LogP contribution in [0.2, 0.25) is 0 Å². The molecule has 0 radical (unpaired) electrons. The van der Waals surface area contributed by atoms with E-state index in [0.717, 1.165) is 37.0 Å². The highest BCUT2D eigenvalue weighted by Crippen LogP contribution is 2.31. The van der Waals surface area contributed by atoms with Gasteiger partial charge in [0.25, 0.3) is 5.91 Å². The van der Waals surface area contributed by atoms with E-state index in [4.69, 9.17) is 0 Å². The first-order chi connectivity index (χ1) is 10.2. The SMILES string of the molecule is Cc1nc(C(=O)N2CCN(CC3CC3)C(CCO)C2)cs1. The van der Waals surface area contributed by atoms with Crippen LogP contribution in [0.15, 0.2) is 5.38 Å². The van der Waals surface area contributed by atoms with Crippen LogP contribution in [0.25, 0.3) is 0 Å². The minimum Gasteiger partial charge on any atom is -0.396 e. The zero-order chi connectivity index (χ0) is 14.8. The molecule has 21 heavy (non-hydrogen) atoms. The fourth-order valence-corrected chi connectivity index (χ4v) is 3.58. The number of rotatable bonds is 5. The topological polar surface area (TPSA) is 56.7 Å². The van der Waals surface area contributed by atoms with Gasteiger partial charge in [-0.15, -0.1) is 11.3 Å². The van der Waals surface area contributed by atoms with Crippen molar-refractivity contribution < 1.29 is 9.90 Å². The first-order valence-electron chi connectivity index (χ1n) is 7.73. The van der Waals surface area contributed by atoms with Crippen LogP contribution >= 0.6 is 11.3 Å². The Labute approximate surface area is 129 Å². The third-order valence-corrected chi connectivity index (χ3v) is 5.16. The van der Waals surface area contributed by atoms with Crippen molar-refractivity contribution in [3.8, 4) is 0 Å². The summed E-state index contributed by atoms with van der Waals surface area (Å²) in [6.45, 7) is 5.62. The number of amides is 1. The first-order valence-corrected chi connectivity index (χ1v) is 8.61. The number of hydrogen-bond donors (Lipinski definition) is 1.